The second-order valence-corrected chi connectivity index (χ2v) is 8.86. The molecule has 3 aliphatic heterocycles. The van der Waals surface area contributed by atoms with E-state index in [4.69, 9.17) is 10.5 Å². The monoisotopic (exact) mass is 426 g/mol. The molecule has 1 unspecified atom stereocenters. The van der Waals surface area contributed by atoms with Crippen LogP contribution in [0.5, 0.6) is 5.75 Å². The molecular weight excluding hydrogens is 390 g/mol. The normalized spacial score (nSPS) is 23.7. The molecule has 0 radical (unpaired) electrons. The van der Waals surface area contributed by atoms with Crippen LogP contribution < -0.4 is 20.7 Å². The van der Waals surface area contributed by atoms with Crippen molar-refractivity contribution in [1.82, 2.24) is 10.2 Å². The third-order valence-electron chi connectivity index (χ3n) is 6.87. The number of amides is 2. The highest BCUT2D eigenvalue weighted by atomic mass is 16.5. The van der Waals surface area contributed by atoms with Crippen molar-refractivity contribution in [3.63, 3.8) is 0 Å². The van der Waals surface area contributed by atoms with Crippen LogP contribution in [0, 0.1) is 0 Å². The maximum absolute atomic E-state index is 11.3. The van der Waals surface area contributed by atoms with Crippen LogP contribution in [0.1, 0.15) is 32.1 Å². The van der Waals surface area contributed by atoms with E-state index in [1.165, 1.54) is 37.1 Å². The van der Waals surface area contributed by atoms with Crippen molar-refractivity contribution in [1.29, 1.82) is 0 Å². The SMILES string of the molecule is COc1ccccc1N1CCN(CCCC[N+]23C=C(NC(N)=O)C=C2CCCC3)CC1. The Labute approximate surface area is 185 Å². The second kappa shape index (κ2) is 9.75. The number of hydrogen-bond donors (Lipinski definition) is 2. The number of piperazine rings is 1. The molecule has 0 aliphatic carbocycles. The molecule has 3 aliphatic rings. The molecule has 168 valence electrons. The van der Waals surface area contributed by atoms with Gasteiger partial charge in [0, 0.05) is 38.7 Å². The van der Waals surface area contributed by atoms with Crippen molar-refractivity contribution in [2.75, 3.05) is 57.8 Å². The number of piperidine rings is 1. The molecule has 3 N–H and O–H groups in total. The van der Waals surface area contributed by atoms with Crippen LogP contribution in [0.2, 0.25) is 0 Å². The maximum atomic E-state index is 11.3. The number of primary amides is 1. The van der Waals surface area contributed by atoms with Gasteiger partial charge in [-0.2, -0.15) is 0 Å². The smallest absolute Gasteiger partial charge is 0.316 e. The van der Waals surface area contributed by atoms with E-state index < -0.39 is 6.03 Å². The minimum absolute atomic E-state index is 0.478. The average Bonchev–Trinajstić information content (AvgIpc) is 3.14. The van der Waals surface area contributed by atoms with Gasteiger partial charge in [0.15, 0.2) is 0 Å². The number of benzene rings is 1. The van der Waals surface area contributed by atoms with E-state index in [1.807, 2.05) is 12.1 Å². The molecule has 1 aromatic rings. The van der Waals surface area contributed by atoms with Gasteiger partial charge in [0.1, 0.15) is 23.3 Å². The number of ether oxygens (including phenoxy) is 1. The van der Waals surface area contributed by atoms with Crippen LogP contribution in [0.15, 0.2) is 47.9 Å². The topological polar surface area (TPSA) is 70.8 Å². The van der Waals surface area contributed by atoms with Gasteiger partial charge < -0.3 is 20.7 Å². The fraction of sp³-hybridized carbons (Fsp3) is 0.542. The highest BCUT2D eigenvalue weighted by Gasteiger charge is 2.38. The fourth-order valence-electron chi connectivity index (χ4n) is 5.26. The summed E-state index contributed by atoms with van der Waals surface area (Å²) in [5, 5.41) is 2.78. The quantitative estimate of drug-likeness (QED) is 0.495. The number of carbonyl (C=O) groups excluding carboxylic acids is 1. The van der Waals surface area contributed by atoms with E-state index >= 15 is 0 Å². The molecule has 2 saturated heterocycles. The van der Waals surface area contributed by atoms with Gasteiger partial charge in [-0.25, -0.2) is 4.79 Å². The molecule has 7 heteroatoms. The lowest BCUT2D eigenvalue weighted by molar-refractivity contribution is -0.845. The summed E-state index contributed by atoms with van der Waals surface area (Å²) >= 11 is 0. The first-order chi connectivity index (χ1) is 15.1. The fourth-order valence-corrected chi connectivity index (χ4v) is 5.26. The predicted octanol–water partition coefficient (Wildman–Crippen LogP) is 3.01. The number of nitrogens with two attached hydrogens (primary N) is 1. The largest absolute Gasteiger partial charge is 0.495 e. The molecule has 3 heterocycles. The van der Waals surface area contributed by atoms with E-state index in [9.17, 15) is 4.79 Å². The van der Waals surface area contributed by atoms with Crippen molar-refractivity contribution in [3.05, 3.63) is 47.9 Å². The highest BCUT2D eigenvalue weighted by Crippen LogP contribution is 2.36. The molecular formula is C24H36N5O2+. The van der Waals surface area contributed by atoms with Crippen molar-refractivity contribution >= 4 is 11.7 Å². The van der Waals surface area contributed by atoms with Crippen LogP contribution in [0.3, 0.4) is 0 Å². The van der Waals surface area contributed by atoms with Gasteiger partial charge in [0.05, 0.1) is 25.9 Å². The number of fused-ring (bicyclic) bond motifs is 1. The Balaban J connectivity index is 1.24. The maximum Gasteiger partial charge on any atom is 0.316 e. The first-order valence-electron chi connectivity index (χ1n) is 11.6. The molecule has 7 nitrogen and oxygen atoms in total. The number of hydrogen-bond acceptors (Lipinski definition) is 4. The predicted molar refractivity (Wildman–Crippen MR) is 124 cm³/mol. The first kappa shape index (κ1) is 21.7. The second-order valence-electron chi connectivity index (χ2n) is 8.86. The Hall–Kier alpha value is -2.51. The molecule has 31 heavy (non-hydrogen) atoms. The summed E-state index contributed by atoms with van der Waals surface area (Å²) in [5.41, 5.74) is 8.83. The summed E-state index contributed by atoms with van der Waals surface area (Å²) < 4.78 is 6.44. The van der Waals surface area contributed by atoms with Crippen molar-refractivity contribution in [3.8, 4) is 5.75 Å². The molecule has 0 spiro atoms. The Morgan fingerprint density at radius 2 is 1.97 bits per heavy atom. The number of quaternary nitrogens is 1. The van der Waals surface area contributed by atoms with Crippen LogP contribution in [0.4, 0.5) is 10.5 Å². The van der Waals surface area contributed by atoms with Gasteiger partial charge in [-0.3, -0.25) is 9.38 Å². The van der Waals surface area contributed by atoms with Crippen LogP contribution in [-0.4, -0.2) is 68.3 Å². The number of unbranched alkanes of at least 4 members (excludes halogenated alkanes) is 1. The number of nitrogens with one attached hydrogen (secondary N) is 1. The summed E-state index contributed by atoms with van der Waals surface area (Å²) in [6, 6.07) is 7.81. The number of rotatable bonds is 8. The Bertz CT molecular complexity index is 844. The van der Waals surface area contributed by atoms with Crippen LogP contribution >= 0.6 is 0 Å². The number of methoxy groups -OCH3 is 1. The number of para-hydroxylation sites is 2. The summed E-state index contributed by atoms with van der Waals surface area (Å²) in [5.74, 6) is 0.958. The summed E-state index contributed by atoms with van der Waals surface area (Å²) in [6.45, 7) is 7.65. The number of anilines is 1. The minimum atomic E-state index is -0.478. The van der Waals surface area contributed by atoms with E-state index in [2.05, 4.69) is 39.5 Å². The zero-order valence-electron chi connectivity index (χ0n) is 18.7. The Morgan fingerprint density at radius 1 is 1.16 bits per heavy atom. The van der Waals surface area contributed by atoms with E-state index in [0.717, 1.165) is 68.2 Å². The molecule has 1 aromatic carbocycles. The van der Waals surface area contributed by atoms with Crippen LogP contribution in [-0.2, 0) is 0 Å². The van der Waals surface area contributed by atoms with E-state index in [0.29, 0.717) is 0 Å². The summed E-state index contributed by atoms with van der Waals surface area (Å²) in [6.07, 6.45) is 10.3. The zero-order chi connectivity index (χ0) is 21.7. The molecule has 0 aromatic heterocycles. The van der Waals surface area contributed by atoms with E-state index in [1.54, 1.807) is 7.11 Å². The van der Waals surface area contributed by atoms with Gasteiger partial charge >= 0.3 is 6.03 Å². The van der Waals surface area contributed by atoms with Gasteiger partial charge in [-0.1, -0.05) is 12.1 Å². The van der Waals surface area contributed by atoms with Crippen LogP contribution in [0.25, 0.3) is 0 Å². The van der Waals surface area contributed by atoms with Crippen molar-refractivity contribution in [2.45, 2.75) is 32.1 Å². The van der Waals surface area contributed by atoms with Gasteiger partial charge in [-0.15, -0.1) is 0 Å². The number of nitrogens with zero attached hydrogens (tertiary/aromatic N) is 3. The van der Waals surface area contributed by atoms with Gasteiger partial charge in [0.25, 0.3) is 0 Å². The molecule has 1 atom stereocenters. The molecule has 0 bridgehead atoms. The molecule has 0 saturated carbocycles. The van der Waals surface area contributed by atoms with E-state index in [-0.39, 0.29) is 0 Å². The standard InChI is InChI=1S/C24H35N5O2/c1-31-23-10-3-2-9-22(23)28-14-12-27(13-15-28)11-5-7-17-29-16-6-4-8-21(29)18-20(19-29)26-24(25)30/h2-3,9-10,18-19H,4-8,11-17H2,1H3,(H2-,25,26,30)/p+1. The lowest BCUT2D eigenvalue weighted by atomic mass is 10.0. The molecule has 2 fully saturated rings. The van der Waals surface area contributed by atoms with Gasteiger partial charge in [0.2, 0.25) is 0 Å². The molecule has 2 amide bonds. The number of urea groups is 1. The van der Waals surface area contributed by atoms with Gasteiger partial charge in [-0.05, 0) is 44.4 Å². The lowest BCUT2D eigenvalue weighted by Crippen LogP contribution is -2.47. The third-order valence-corrected chi connectivity index (χ3v) is 6.87. The number of carbonyl (C=O) groups is 1. The third kappa shape index (κ3) is 5.05. The Morgan fingerprint density at radius 3 is 2.74 bits per heavy atom. The summed E-state index contributed by atoms with van der Waals surface area (Å²) in [4.78, 5) is 16.3. The highest BCUT2D eigenvalue weighted by molar-refractivity contribution is 5.74. The Kier molecular flexibility index (Phi) is 6.83. The first-order valence-corrected chi connectivity index (χ1v) is 11.6. The number of allylic oxidation sites excluding steroid dienone is 2. The van der Waals surface area contributed by atoms with Crippen molar-refractivity contribution < 1.29 is 14.0 Å². The minimum Gasteiger partial charge on any atom is -0.495 e. The average molecular weight is 427 g/mol. The summed E-state index contributed by atoms with van der Waals surface area (Å²) in [7, 11) is 1.74. The van der Waals surface area contributed by atoms with Crippen molar-refractivity contribution in [2.24, 2.45) is 5.73 Å². The molecule has 4 rings (SSSR count). The zero-order valence-corrected chi connectivity index (χ0v) is 18.7. The lowest BCUT2D eigenvalue weighted by Gasteiger charge is -2.38.